The van der Waals surface area contributed by atoms with Crippen molar-refractivity contribution in [2.75, 3.05) is 17.0 Å². The molecule has 0 aliphatic carbocycles. The third-order valence-electron chi connectivity index (χ3n) is 5.80. The summed E-state index contributed by atoms with van der Waals surface area (Å²) in [5.41, 5.74) is 3.64. The van der Waals surface area contributed by atoms with Crippen LogP contribution in [0.5, 0.6) is 11.5 Å². The van der Waals surface area contributed by atoms with Gasteiger partial charge in [-0.1, -0.05) is 55.8 Å². The van der Waals surface area contributed by atoms with Gasteiger partial charge in [-0.15, -0.1) is 0 Å². The van der Waals surface area contributed by atoms with Crippen molar-refractivity contribution >= 4 is 28.8 Å². The molecule has 0 saturated carbocycles. The second kappa shape index (κ2) is 8.82. The normalized spacial score (nSPS) is 14.9. The van der Waals surface area contributed by atoms with Crippen LogP contribution in [0.1, 0.15) is 30.9 Å². The number of anilines is 2. The van der Waals surface area contributed by atoms with Crippen molar-refractivity contribution in [3.8, 4) is 11.5 Å². The van der Waals surface area contributed by atoms with E-state index in [4.69, 9.17) is 9.47 Å². The topological polar surface area (TPSA) is 67.9 Å². The zero-order valence-corrected chi connectivity index (χ0v) is 18.3. The van der Waals surface area contributed by atoms with Crippen molar-refractivity contribution in [3.05, 3.63) is 89.6 Å². The maximum Gasteiger partial charge on any atom is 0.282 e. The Morgan fingerprint density at radius 3 is 2.39 bits per heavy atom. The summed E-state index contributed by atoms with van der Waals surface area (Å²) >= 11 is 0. The minimum atomic E-state index is -0.391. The number of nitrogens with zero attached hydrogens (tertiary/aromatic N) is 1. The van der Waals surface area contributed by atoms with Gasteiger partial charge in [-0.3, -0.25) is 9.59 Å². The highest BCUT2D eigenvalue weighted by atomic mass is 16.7. The van der Waals surface area contributed by atoms with Crippen LogP contribution in [0.15, 0.2) is 78.5 Å². The fourth-order valence-corrected chi connectivity index (χ4v) is 4.06. The molecule has 2 aliphatic heterocycles. The Kier molecular flexibility index (Phi) is 5.57. The first-order valence-corrected chi connectivity index (χ1v) is 11.1. The molecule has 0 aromatic heterocycles. The van der Waals surface area contributed by atoms with Crippen LogP contribution in [0.25, 0.3) is 5.57 Å². The van der Waals surface area contributed by atoms with Crippen molar-refractivity contribution < 1.29 is 19.1 Å². The number of carbonyl (C=O) groups excluding carboxylic acids is 2. The predicted molar refractivity (Wildman–Crippen MR) is 127 cm³/mol. The van der Waals surface area contributed by atoms with Gasteiger partial charge in [0.25, 0.3) is 11.8 Å². The molecule has 3 aromatic rings. The molecule has 0 saturated heterocycles. The summed E-state index contributed by atoms with van der Waals surface area (Å²) < 4.78 is 10.8. The second-order valence-electron chi connectivity index (χ2n) is 8.02. The maximum atomic E-state index is 13.5. The summed E-state index contributed by atoms with van der Waals surface area (Å²) in [5, 5.41) is 3.17. The number of imide groups is 1. The predicted octanol–water partition coefficient (Wildman–Crippen LogP) is 5.15. The number of hydrogen-bond acceptors (Lipinski definition) is 5. The summed E-state index contributed by atoms with van der Waals surface area (Å²) in [7, 11) is 0. The average Bonchev–Trinajstić information content (AvgIpc) is 3.40. The molecule has 0 atom stereocenters. The van der Waals surface area contributed by atoms with Crippen LogP contribution < -0.4 is 19.7 Å². The Morgan fingerprint density at radius 2 is 1.64 bits per heavy atom. The molecule has 2 amide bonds. The van der Waals surface area contributed by atoms with Crippen molar-refractivity contribution in [2.24, 2.45) is 0 Å². The minimum absolute atomic E-state index is 0.163. The van der Waals surface area contributed by atoms with Crippen LogP contribution in [0, 0.1) is 0 Å². The van der Waals surface area contributed by atoms with Crippen LogP contribution in [-0.2, 0) is 16.0 Å². The fraction of sp³-hybridized carbons (Fsp3) is 0.185. The number of hydrogen-bond donors (Lipinski definition) is 1. The summed E-state index contributed by atoms with van der Waals surface area (Å²) in [6.07, 6.45) is 3.19. The first-order chi connectivity index (χ1) is 16.2. The number of fused-ring (bicyclic) bond motifs is 1. The Morgan fingerprint density at radius 1 is 0.879 bits per heavy atom. The molecule has 0 bridgehead atoms. The first-order valence-electron chi connectivity index (χ1n) is 11.1. The molecule has 33 heavy (non-hydrogen) atoms. The van der Waals surface area contributed by atoms with E-state index in [1.54, 1.807) is 18.2 Å². The fourth-order valence-electron chi connectivity index (χ4n) is 4.06. The lowest BCUT2D eigenvalue weighted by Gasteiger charge is -2.16. The zero-order chi connectivity index (χ0) is 22.8. The van der Waals surface area contributed by atoms with E-state index < -0.39 is 5.91 Å². The standard InChI is InChI=1S/C27H24N2O4/c1-2-3-7-18-10-13-21(14-11-18)29-26(30)24(19-8-5-4-6-9-19)25(27(29)31)28-20-12-15-22-23(16-20)33-17-32-22/h4-6,8-16,28H,2-3,7,17H2,1H3. The van der Waals surface area contributed by atoms with Gasteiger partial charge < -0.3 is 14.8 Å². The van der Waals surface area contributed by atoms with E-state index in [0.29, 0.717) is 34.0 Å². The van der Waals surface area contributed by atoms with Crippen molar-refractivity contribution in [3.63, 3.8) is 0 Å². The van der Waals surface area contributed by atoms with Crippen molar-refractivity contribution in [1.29, 1.82) is 0 Å². The molecule has 2 aliphatic rings. The monoisotopic (exact) mass is 440 g/mol. The molecule has 0 fully saturated rings. The third kappa shape index (κ3) is 3.96. The van der Waals surface area contributed by atoms with E-state index in [-0.39, 0.29) is 18.4 Å². The first kappa shape index (κ1) is 20.8. The molecule has 5 rings (SSSR count). The second-order valence-corrected chi connectivity index (χ2v) is 8.02. The van der Waals surface area contributed by atoms with Crippen LogP contribution in [0.4, 0.5) is 11.4 Å². The maximum absolute atomic E-state index is 13.5. The van der Waals surface area contributed by atoms with Gasteiger partial charge in [0.05, 0.1) is 11.3 Å². The van der Waals surface area contributed by atoms with E-state index in [2.05, 4.69) is 12.2 Å². The molecule has 0 spiro atoms. The number of unbranched alkanes of at least 4 members (excludes halogenated alkanes) is 1. The van der Waals surface area contributed by atoms with Gasteiger partial charge in [-0.2, -0.15) is 0 Å². The Hall–Kier alpha value is -4.06. The Bertz CT molecular complexity index is 1230. The van der Waals surface area contributed by atoms with E-state index in [9.17, 15) is 9.59 Å². The number of ether oxygens (including phenoxy) is 2. The van der Waals surface area contributed by atoms with Crippen molar-refractivity contribution in [2.45, 2.75) is 26.2 Å². The van der Waals surface area contributed by atoms with Gasteiger partial charge in [-0.25, -0.2) is 4.90 Å². The van der Waals surface area contributed by atoms with Gasteiger partial charge >= 0.3 is 0 Å². The Balaban J connectivity index is 1.50. The van der Waals surface area contributed by atoms with E-state index in [1.807, 2.05) is 54.6 Å². The number of aryl methyl sites for hydroxylation is 1. The van der Waals surface area contributed by atoms with Crippen LogP contribution in [0.2, 0.25) is 0 Å². The number of benzene rings is 3. The lowest BCUT2D eigenvalue weighted by Crippen LogP contribution is -2.32. The Labute approximate surface area is 192 Å². The molecule has 0 unspecified atom stereocenters. The molecule has 6 heteroatoms. The van der Waals surface area contributed by atoms with Gasteiger partial charge in [0.1, 0.15) is 5.70 Å². The molecule has 1 N–H and O–H groups in total. The molecule has 2 heterocycles. The number of carbonyl (C=O) groups is 2. The van der Waals surface area contributed by atoms with Gasteiger partial charge in [-0.05, 0) is 48.2 Å². The highest BCUT2D eigenvalue weighted by Crippen LogP contribution is 2.37. The number of nitrogens with one attached hydrogen (secondary N) is 1. The van der Waals surface area contributed by atoms with Crippen LogP contribution >= 0.6 is 0 Å². The average molecular weight is 440 g/mol. The molecular weight excluding hydrogens is 416 g/mol. The molecule has 166 valence electrons. The summed E-state index contributed by atoms with van der Waals surface area (Å²) in [4.78, 5) is 28.3. The van der Waals surface area contributed by atoms with Gasteiger partial charge in [0.15, 0.2) is 11.5 Å². The largest absolute Gasteiger partial charge is 0.454 e. The van der Waals surface area contributed by atoms with E-state index in [1.165, 1.54) is 10.5 Å². The lowest BCUT2D eigenvalue weighted by atomic mass is 10.0. The summed E-state index contributed by atoms with van der Waals surface area (Å²) in [6.45, 7) is 2.32. The zero-order valence-electron chi connectivity index (χ0n) is 18.3. The highest BCUT2D eigenvalue weighted by Gasteiger charge is 2.40. The van der Waals surface area contributed by atoms with E-state index in [0.717, 1.165) is 19.3 Å². The number of amides is 2. The smallest absolute Gasteiger partial charge is 0.282 e. The molecule has 3 aromatic carbocycles. The quantitative estimate of drug-likeness (QED) is 0.515. The van der Waals surface area contributed by atoms with E-state index >= 15 is 0 Å². The third-order valence-corrected chi connectivity index (χ3v) is 5.80. The SMILES string of the molecule is CCCCc1ccc(N2C(=O)C(Nc3ccc4c(c3)OCO4)=C(c3ccccc3)C2=O)cc1. The van der Waals surface area contributed by atoms with Crippen LogP contribution in [-0.4, -0.2) is 18.6 Å². The van der Waals surface area contributed by atoms with Gasteiger partial charge in [0.2, 0.25) is 6.79 Å². The highest BCUT2D eigenvalue weighted by molar-refractivity contribution is 6.46. The molecular formula is C27H24N2O4. The van der Waals surface area contributed by atoms with Crippen molar-refractivity contribution in [1.82, 2.24) is 0 Å². The summed E-state index contributed by atoms with van der Waals surface area (Å²) in [6, 6.07) is 22.2. The minimum Gasteiger partial charge on any atom is -0.454 e. The molecule has 6 nitrogen and oxygen atoms in total. The lowest BCUT2D eigenvalue weighted by molar-refractivity contribution is -0.120. The van der Waals surface area contributed by atoms with Crippen LogP contribution in [0.3, 0.4) is 0 Å². The van der Waals surface area contributed by atoms with Gasteiger partial charge in [0, 0.05) is 11.8 Å². The molecule has 0 radical (unpaired) electrons. The number of rotatable bonds is 7. The summed E-state index contributed by atoms with van der Waals surface area (Å²) in [5.74, 6) is 0.503.